The van der Waals surface area contributed by atoms with Crippen LogP contribution in [-0.2, 0) is 0 Å². The molecule has 1 aliphatic rings. The molecule has 1 fully saturated rings. The highest BCUT2D eigenvalue weighted by Crippen LogP contribution is 2.20. The molecule has 1 saturated heterocycles. The maximum Gasteiger partial charge on any atom is 0.276 e. The monoisotopic (exact) mass is 373 g/mol. The molecule has 1 aliphatic heterocycles. The molecule has 0 atom stereocenters. The van der Waals surface area contributed by atoms with Crippen molar-refractivity contribution in [2.45, 2.75) is 0 Å². The van der Waals surface area contributed by atoms with E-state index in [4.69, 9.17) is 4.52 Å². The van der Waals surface area contributed by atoms with Crippen molar-refractivity contribution in [3.63, 3.8) is 0 Å². The highest BCUT2D eigenvalue weighted by molar-refractivity contribution is 5.93. The molecule has 1 amide bonds. The smallest absolute Gasteiger partial charge is 0.276 e. The van der Waals surface area contributed by atoms with E-state index in [0.717, 1.165) is 25.2 Å². The molecule has 0 N–H and O–H groups in total. The Balaban J connectivity index is 1.29. The Bertz CT molecular complexity index is 927. The number of rotatable bonds is 5. The minimum Gasteiger partial charge on any atom is -0.355 e. The Kier molecular flexibility index (Phi) is 5.64. The molecule has 0 unspecified atom stereocenters. The van der Waals surface area contributed by atoms with Gasteiger partial charge in [0.15, 0.2) is 11.5 Å². The zero-order valence-corrected chi connectivity index (χ0v) is 15.7. The largest absolute Gasteiger partial charge is 0.355 e. The normalized spacial score (nSPS) is 15.2. The molecular weight excluding hydrogens is 350 g/mol. The standard InChI is InChI=1S/C23H23N3O2/c27-23(21-18-22(28-24-21)20-11-5-2-6-12-20)26-16-14-25(15-17-26)13-7-10-19-8-3-1-4-9-19/h1-12,18H,13-17H2/b10-7+. The van der Waals surface area contributed by atoms with E-state index in [9.17, 15) is 4.79 Å². The summed E-state index contributed by atoms with van der Waals surface area (Å²) in [7, 11) is 0. The number of nitrogens with zero attached hydrogens (tertiary/aromatic N) is 3. The number of aromatic nitrogens is 1. The molecule has 3 aromatic rings. The summed E-state index contributed by atoms with van der Waals surface area (Å²) in [5.74, 6) is 0.555. The van der Waals surface area contributed by atoms with Crippen LogP contribution in [0.2, 0.25) is 0 Å². The maximum atomic E-state index is 12.7. The summed E-state index contributed by atoms with van der Waals surface area (Å²) in [5, 5.41) is 3.98. The van der Waals surface area contributed by atoms with Gasteiger partial charge in [0.1, 0.15) is 0 Å². The number of piperazine rings is 1. The summed E-state index contributed by atoms with van der Waals surface area (Å²) in [4.78, 5) is 16.9. The second-order valence-electron chi connectivity index (χ2n) is 6.85. The van der Waals surface area contributed by atoms with Gasteiger partial charge in [0.25, 0.3) is 5.91 Å². The van der Waals surface area contributed by atoms with Gasteiger partial charge in [-0.2, -0.15) is 0 Å². The van der Waals surface area contributed by atoms with Crippen LogP contribution in [0.25, 0.3) is 17.4 Å². The fraction of sp³-hybridized carbons (Fsp3) is 0.217. The molecule has 0 spiro atoms. The third kappa shape index (κ3) is 4.38. The first kappa shape index (κ1) is 18.2. The number of carbonyl (C=O) groups is 1. The van der Waals surface area contributed by atoms with Crippen LogP contribution in [0, 0.1) is 0 Å². The Morgan fingerprint density at radius 2 is 1.64 bits per heavy atom. The third-order valence-electron chi connectivity index (χ3n) is 4.92. The summed E-state index contributed by atoms with van der Waals surface area (Å²) in [6.07, 6.45) is 4.31. The first-order valence-corrected chi connectivity index (χ1v) is 9.55. The fourth-order valence-corrected chi connectivity index (χ4v) is 3.31. The maximum absolute atomic E-state index is 12.7. The zero-order valence-electron chi connectivity index (χ0n) is 15.7. The van der Waals surface area contributed by atoms with E-state index in [1.807, 2.05) is 53.4 Å². The van der Waals surface area contributed by atoms with Gasteiger partial charge in [-0.3, -0.25) is 9.69 Å². The van der Waals surface area contributed by atoms with Crippen molar-refractivity contribution in [2.24, 2.45) is 0 Å². The van der Waals surface area contributed by atoms with Crippen LogP contribution in [0.15, 0.2) is 77.3 Å². The van der Waals surface area contributed by atoms with Crippen molar-refractivity contribution in [1.29, 1.82) is 0 Å². The van der Waals surface area contributed by atoms with Crippen LogP contribution >= 0.6 is 0 Å². The van der Waals surface area contributed by atoms with Crippen LogP contribution in [0.3, 0.4) is 0 Å². The average molecular weight is 373 g/mol. The van der Waals surface area contributed by atoms with Gasteiger partial charge in [-0.15, -0.1) is 0 Å². The zero-order chi connectivity index (χ0) is 19.2. The molecule has 0 radical (unpaired) electrons. The molecule has 0 bridgehead atoms. The lowest BCUT2D eigenvalue weighted by atomic mass is 10.1. The molecular formula is C23H23N3O2. The molecule has 28 heavy (non-hydrogen) atoms. The number of benzene rings is 2. The highest BCUT2D eigenvalue weighted by Gasteiger charge is 2.24. The molecule has 4 rings (SSSR count). The molecule has 5 nitrogen and oxygen atoms in total. The minimum atomic E-state index is -0.0644. The van der Waals surface area contributed by atoms with E-state index in [2.05, 4.69) is 34.3 Å². The molecule has 0 aliphatic carbocycles. The van der Waals surface area contributed by atoms with Crippen LogP contribution in [0.1, 0.15) is 16.1 Å². The van der Waals surface area contributed by atoms with Crippen molar-refractivity contribution in [3.8, 4) is 11.3 Å². The molecule has 0 saturated carbocycles. The van der Waals surface area contributed by atoms with E-state index in [1.54, 1.807) is 6.07 Å². The lowest BCUT2D eigenvalue weighted by Crippen LogP contribution is -2.48. The quantitative estimate of drug-likeness (QED) is 0.682. The number of hydrogen-bond donors (Lipinski definition) is 0. The van der Waals surface area contributed by atoms with Gasteiger partial charge >= 0.3 is 0 Å². The van der Waals surface area contributed by atoms with Gasteiger partial charge in [-0.25, -0.2) is 0 Å². The number of hydrogen-bond acceptors (Lipinski definition) is 4. The van der Waals surface area contributed by atoms with Gasteiger partial charge in [0.05, 0.1) is 0 Å². The minimum absolute atomic E-state index is 0.0644. The lowest BCUT2D eigenvalue weighted by molar-refractivity contribution is 0.0640. The van der Waals surface area contributed by atoms with E-state index in [1.165, 1.54) is 5.56 Å². The van der Waals surface area contributed by atoms with E-state index < -0.39 is 0 Å². The van der Waals surface area contributed by atoms with Crippen LogP contribution in [0.4, 0.5) is 0 Å². The summed E-state index contributed by atoms with van der Waals surface area (Å²) in [6.45, 7) is 4.00. The van der Waals surface area contributed by atoms with Crippen molar-refractivity contribution in [2.75, 3.05) is 32.7 Å². The van der Waals surface area contributed by atoms with E-state index in [0.29, 0.717) is 24.5 Å². The topological polar surface area (TPSA) is 49.6 Å². The lowest BCUT2D eigenvalue weighted by Gasteiger charge is -2.33. The second-order valence-corrected chi connectivity index (χ2v) is 6.85. The Labute approximate surface area is 164 Å². The van der Waals surface area contributed by atoms with Gasteiger partial charge < -0.3 is 9.42 Å². The molecule has 5 heteroatoms. The number of amides is 1. The molecule has 1 aromatic heterocycles. The van der Waals surface area contributed by atoms with Gasteiger partial charge in [0.2, 0.25) is 0 Å². The van der Waals surface area contributed by atoms with Crippen LogP contribution in [0.5, 0.6) is 0 Å². The van der Waals surface area contributed by atoms with Crippen molar-refractivity contribution >= 4 is 12.0 Å². The number of carbonyl (C=O) groups excluding carboxylic acids is 1. The third-order valence-corrected chi connectivity index (χ3v) is 4.92. The predicted octanol–water partition coefficient (Wildman–Crippen LogP) is 3.81. The Hall–Kier alpha value is -3.18. The molecule has 2 aromatic carbocycles. The van der Waals surface area contributed by atoms with Gasteiger partial charge in [0, 0.05) is 44.4 Å². The van der Waals surface area contributed by atoms with Gasteiger partial charge in [-0.1, -0.05) is 78.0 Å². The second kappa shape index (κ2) is 8.67. The Morgan fingerprint density at radius 3 is 2.36 bits per heavy atom. The van der Waals surface area contributed by atoms with Crippen molar-refractivity contribution in [3.05, 3.63) is 84.1 Å². The van der Waals surface area contributed by atoms with Crippen molar-refractivity contribution in [1.82, 2.24) is 15.0 Å². The summed E-state index contributed by atoms with van der Waals surface area (Å²) in [6, 6.07) is 21.7. The molecule has 2 heterocycles. The van der Waals surface area contributed by atoms with Crippen LogP contribution in [-0.4, -0.2) is 53.6 Å². The average Bonchev–Trinajstić information content (AvgIpc) is 3.25. The molecule has 142 valence electrons. The summed E-state index contributed by atoms with van der Waals surface area (Å²) >= 11 is 0. The summed E-state index contributed by atoms with van der Waals surface area (Å²) in [5.41, 5.74) is 2.50. The fourth-order valence-electron chi connectivity index (χ4n) is 3.31. The van der Waals surface area contributed by atoms with Crippen molar-refractivity contribution < 1.29 is 9.32 Å². The first-order chi connectivity index (χ1) is 13.8. The Morgan fingerprint density at radius 1 is 0.964 bits per heavy atom. The predicted molar refractivity (Wildman–Crippen MR) is 110 cm³/mol. The van der Waals surface area contributed by atoms with E-state index >= 15 is 0 Å². The SMILES string of the molecule is O=C(c1cc(-c2ccccc2)on1)N1CCN(C/C=C/c2ccccc2)CC1. The van der Waals surface area contributed by atoms with Crippen LogP contribution < -0.4 is 0 Å². The first-order valence-electron chi connectivity index (χ1n) is 9.55. The van der Waals surface area contributed by atoms with Gasteiger partial charge in [-0.05, 0) is 5.56 Å². The summed E-state index contributed by atoms with van der Waals surface area (Å²) < 4.78 is 5.36. The van der Waals surface area contributed by atoms with E-state index in [-0.39, 0.29) is 5.91 Å². The highest BCUT2D eigenvalue weighted by atomic mass is 16.5.